The van der Waals surface area contributed by atoms with Gasteiger partial charge in [0.25, 0.3) is 0 Å². The number of carbonyl (C=O) groups excluding carboxylic acids is 2. The summed E-state index contributed by atoms with van der Waals surface area (Å²) in [6.45, 7) is 1.30. The molecule has 0 unspecified atom stereocenters. The van der Waals surface area contributed by atoms with Crippen molar-refractivity contribution in [3.05, 3.63) is 46.7 Å². The van der Waals surface area contributed by atoms with Gasteiger partial charge in [0.05, 0.1) is 5.56 Å². The molecule has 0 saturated carbocycles. The summed E-state index contributed by atoms with van der Waals surface area (Å²) in [5.41, 5.74) is 10.4. The number of nitrogens with zero attached hydrogens (tertiary/aromatic N) is 1. The summed E-state index contributed by atoms with van der Waals surface area (Å²) >= 11 is 0. The Balaban J connectivity index is 2.80. The van der Waals surface area contributed by atoms with E-state index in [1.165, 1.54) is 14.0 Å². The van der Waals surface area contributed by atoms with Gasteiger partial charge in [0.15, 0.2) is 6.61 Å². The maximum absolute atomic E-state index is 13.6. The molecule has 0 radical (unpaired) electrons. The van der Waals surface area contributed by atoms with Crippen molar-refractivity contribution in [3.8, 4) is 0 Å². The van der Waals surface area contributed by atoms with Gasteiger partial charge in [-0.1, -0.05) is 6.07 Å². The standard InChI is InChI=1S/C17H21F2N3O4/c1-10(20)14(16(21)22-7-4-8-25-2)17(24)26-9-13(23)15-11(18)5-3-6-12(15)19/h3,5-6H,4,7-9,20H2,1-2H3,(H2,21,22). The van der Waals surface area contributed by atoms with Crippen LogP contribution in [0.15, 0.2) is 34.5 Å². The minimum atomic E-state index is -1.05. The number of halogens is 2. The molecule has 0 bridgehead atoms. The summed E-state index contributed by atoms with van der Waals surface area (Å²) in [6, 6.07) is 2.98. The number of nitrogens with two attached hydrogens (primary N) is 2. The fraction of sp³-hybridized carbons (Fsp3) is 0.353. The summed E-state index contributed by atoms with van der Waals surface area (Å²) in [5.74, 6) is -4.29. The molecular weight excluding hydrogens is 348 g/mol. The molecule has 0 fully saturated rings. The van der Waals surface area contributed by atoms with Crippen molar-refractivity contribution in [1.82, 2.24) is 0 Å². The number of hydrogen-bond acceptors (Lipinski definition) is 6. The van der Waals surface area contributed by atoms with Crippen LogP contribution in [0.4, 0.5) is 8.78 Å². The summed E-state index contributed by atoms with van der Waals surface area (Å²) in [7, 11) is 1.54. The highest BCUT2D eigenvalue weighted by Gasteiger charge is 2.22. The van der Waals surface area contributed by atoms with Crippen molar-refractivity contribution in [2.75, 3.05) is 26.9 Å². The van der Waals surface area contributed by atoms with Gasteiger partial charge in [-0.2, -0.15) is 0 Å². The van der Waals surface area contributed by atoms with Gasteiger partial charge in [-0.3, -0.25) is 9.79 Å². The lowest BCUT2D eigenvalue weighted by Crippen LogP contribution is -2.28. The fourth-order valence-corrected chi connectivity index (χ4v) is 1.99. The zero-order valence-corrected chi connectivity index (χ0v) is 14.6. The van der Waals surface area contributed by atoms with E-state index in [4.69, 9.17) is 20.9 Å². The third kappa shape index (κ3) is 5.92. The number of ether oxygens (including phenoxy) is 2. The summed E-state index contributed by atoms with van der Waals surface area (Å²) in [6.07, 6.45) is 0.578. The number of Topliss-reactive ketones (excluding diaryl/α,β-unsaturated/α-hetero) is 1. The number of aliphatic imine (C=N–C) groups is 1. The van der Waals surface area contributed by atoms with Crippen LogP contribution in [0.25, 0.3) is 0 Å². The summed E-state index contributed by atoms with van der Waals surface area (Å²) in [4.78, 5) is 28.0. The number of rotatable bonds is 9. The highest BCUT2D eigenvalue weighted by molar-refractivity contribution is 6.19. The molecule has 0 atom stereocenters. The molecule has 0 aliphatic heterocycles. The van der Waals surface area contributed by atoms with Gasteiger partial charge in [-0.25, -0.2) is 13.6 Å². The van der Waals surface area contributed by atoms with Gasteiger partial charge in [0.2, 0.25) is 5.78 Å². The molecular formula is C17H21F2N3O4. The maximum atomic E-state index is 13.6. The van der Waals surface area contributed by atoms with Crippen molar-refractivity contribution in [2.24, 2.45) is 16.5 Å². The van der Waals surface area contributed by atoms with E-state index in [2.05, 4.69) is 4.99 Å². The van der Waals surface area contributed by atoms with Crippen LogP contribution >= 0.6 is 0 Å². The average molecular weight is 369 g/mol. The van der Waals surface area contributed by atoms with Crippen molar-refractivity contribution in [1.29, 1.82) is 0 Å². The SMILES string of the molecule is COCCCN=C(N)C(C(=O)OCC(=O)c1c(F)cccc1F)=C(C)N. The van der Waals surface area contributed by atoms with Crippen LogP contribution < -0.4 is 11.5 Å². The quantitative estimate of drug-likeness (QED) is 0.169. The van der Waals surface area contributed by atoms with Crippen molar-refractivity contribution in [2.45, 2.75) is 13.3 Å². The van der Waals surface area contributed by atoms with Crippen molar-refractivity contribution < 1.29 is 27.8 Å². The second-order valence-corrected chi connectivity index (χ2v) is 5.27. The van der Waals surface area contributed by atoms with E-state index in [0.717, 1.165) is 18.2 Å². The number of esters is 1. The minimum absolute atomic E-state index is 0.0347. The minimum Gasteiger partial charge on any atom is -0.454 e. The predicted molar refractivity (Wildman–Crippen MR) is 91.5 cm³/mol. The smallest absolute Gasteiger partial charge is 0.344 e. The van der Waals surface area contributed by atoms with E-state index in [-0.39, 0.29) is 17.1 Å². The Morgan fingerprint density at radius 3 is 2.35 bits per heavy atom. The molecule has 142 valence electrons. The first-order valence-corrected chi connectivity index (χ1v) is 7.69. The average Bonchev–Trinajstić information content (AvgIpc) is 2.56. The molecule has 0 heterocycles. The van der Waals surface area contributed by atoms with Crippen LogP contribution in [-0.4, -0.2) is 44.5 Å². The summed E-state index contributed by atoms with van der Waals surface area (Å²) in [5, 5.41) is 0. The highest BCUT2D eigenvalue weighted by atomic mass is 19.1. The summed E-state index contributed by atoms with van der Waals surface area (Å²) < 4.78 is 36.8. The van der Waals surface area contributed by atoms with Gasteiger partial charge in [-0.05, 0) is 25.5 Å². The lowest BCUT2D eigenvalue weighted by atomic mass is 10.1. The molecule has 1 aromatic rings. The topological polar surface area (TPSA) is 117 Å². The molecule has 0 aliphatic carbocycles. The predicted octanol–water partition coefficient (Wildman–Crippen LogP) is 1.32. The van der Waals surface area contributed by atoms with E-state index in [9.17, 15) is 18.4 Å². The number of carbonyl (C=O) groups is 2. The molecule has 4 N–H and O–H groups in total. The molecule has 1 rings (SSSR count). The molecule has 0 spiro atoms. The van der Waals surface area contributed by atoms with Gasteiger partial charge in [-0.15, -0.1) is 0 Å². The first-order valence-electron chi connectivity index (χ1n) is 7.69. The Bertz CT molecular complexity index is 708. The largest absolute Gasteiger partial charge is 0.454 e. The van der Waals surface area contributed by atoms with E-state index in [1.807, 2.05) is 0 Å². The van der Waals surface area contributed by atoms with Gasteiger partial charge >= 0.3 is 5.97 Å². The van der Waals surface area contributed by atoms with E-state index < -0.39 is 35.6 Å². The van der Waals surface area contributed by atoms with Crippen LogP contribution in [0.1, 0.15) is 23.7 Å². The molecule has 0 amide bonds. The maximum Gasteiger partial charge on any atom is 0.344 e. The highest BCUT2D eigenvalue weighted by Crippen LogP contribution is 2.13. The van der Waals surface area contributed by atoms with Crippen molar-refractivity contribution >= 4 is 17.6 Å². The third-order valence-electron chi connectivity index (χ3n) is 3.22. The zero-order chi connectivity index (χ0) is 19.7. The molecule has 26 heavy (non-hydrogen) atoms. The van der Waals surface area contributed by atoms with Gasteiger partial charge < -0.3 is 20.9 Å². The lowest BCUT2D eigenvalue weighted by molar-refractivity contribution is -0.137. The number of benzene rings is 1. The molecule has 7 nitrogen and oxygen atoms in total. The van der Waals surface area contributed by atoms with E-state index in [1.54, 1.807) is 0 Å². The Hall–Kier alpha value is -2.81. The van der Waals surface area contributed by atoms with Crippen molar-refractivity contribution in [3.63, 3.8) is 0 Å². The first-order chi connectivity index (χ1) is 12.3. The Morgan fingerprint density at radius 2 is 1.81 bits per heavy atom. The zero-order valence-electron chi connectivity index (χ0n) is 14.6. The van der Waals surface area contributed by atoms with Gasteiger partial charge in [0.1, 0.15) is 23.0 Å². The van der Waals surface area contributed by atoms with Crippen LogP contribution in [0.3, 0.4) is 0 Å². The molecule has 9 heteroatoms. The number of amidine groups is 1. The Morgan fingerprint density at radius 1 is 1.19 bits per heavy atom. The monoisotopic (exact) mass is 369 g/mol. The number of allylic oxidation sites excluding steroid dienone is 1. The van der Waals surface area contributed by atoms with Crippen LogP contribution in [0, 0.1) is 11.6 Å². The third-order valence-corrected chi connectivity index (χ3v) is 3.22. The first kappa shape index (κ1) is 21.2. The number of methoxy groups -OCH3 is 1. The second-order valence-electron chi connectivity index (χ2n) is 5.27. The van der Waals surface area contributed by atoms with E-state index in [0.29, 0.717) is 19.6 Å². The number of ketones is 1. The van der Waals surface area contributed by atoms with Crippen LogP contribution in [0.2, 0.25) is 0 Å². The normalized spacial score (nSPS) is 12.5. The second kappa shape index (κ2) is 10.2. The fourth-order valence-electron chi connectivity index (χ4n) is 1.99. The Kier molecular flexibility index (Phi) is 8.36. The van der Waals surface area contributed by atoms with Crippen LogP contribution in [-0.2, 0) is 14.3 Å². The molecule has 0 aliphatic rings. The molecule has 1 aromatic carbocycles. The number of hydrogen-bond donors (Lipinski definition) is 2. The molecule has 0 saturated heterocycles. The van der Waals surface area contributed by atoms with E-state index >= 15 is 0 Å². The lowest BCUT2D eigenvalue weighted by Gasteiger charge is -2.10. The van der Waals surface area contributed by atoms with Crippen LogP contribution in [0.5, 0.6) is 0 Å². The molecule has 0 aromatic heterocycles. The Labute approximate surface area is 149 Å². The van der Waals surface area contributed by atoms with Gasteiger partial charge in [0, 0.05) is 26.0 Å².